The first-order chi connectivity index (χ1) is 12.1. The lowest BCUT2D eigenvalue weighted by Gasteiger charge is -2.44. The largest absolute Gasteiger partial charge is 0.347 e. The molecule has 3 heterocycles. The molecule has 25 heavy (non-hydrogen) atoms. The molecule has 2 saturated heterocycles. The molecule has 0 bridgehead atoms. The van der Waals surface area contributed by atoms with Gasteiger partial charge < -0.3 is 14.4 Å². The predicted molar refractivity (Wildman–Crippen MR) is 96.2 cm³/mol. The minimum absolute atomic E-state index is 0.0620. The molecule has 1 saturated carbocycles. The van der Waals surface area contributed by atoms with Crippen molar-refractivity contribution < 1.29 is 9.59 Å². The molecule has 3 fully saturated rings. The van der Waals surface area contributed by atoms with Gasteiger partial charge in [0.25, 0.3) is 5.91 Å². The van der Waals surface area contributed by atoms with E-state index >= 15 is 0 Å². The Balaban J connectivity index is 1.49. The number of amides is 2. The molecule has 0 aromatic carbocycles. The molecule has 0 unspecified atom stereocenters. The second-order valence-electron chi connectivity index (χ2n) is 8.16. The standard InChI is InChI=1S/C20H29N3O2/c1-21-12-5-9-17(21)18(24)22-14-11-20(15-22)10-6-13-23(19(20)25)16-7-3-2-4-8-16/h5,9,12,16H,2-4,6-8,10-11,13-15H2,1H3/t20-/m1/s1. The van der Waals surface area contributed by atoms with Crippen LogP contribution in [0, 0.1) is 5.41 Å². The highest BCUT2D eigenvalue weighted by molar-refractivity contribution is 5.94. The number of likely N-dealkylation sites (tertiary alicyclic amines) is 2. The molecule has 1 atom stereocenters. The Hall–Kier alpha value is -1.78. The van der Waals surface area contributed by atoms with Gasteiger partial charge in [-0.05, 0) is 44.2 Å². The molecule has 1 aliphatic carbocycles. The van der Waals surface area contributed by atoms with Gasteiger partial charge in [-0.1, -0.05) is 19.3 Å². The smallest absolute Gasteiger partial charge is 0.270 e. The molecule has 1 spiro atoms. The fourth-order valence-corrected chi connectivity index (χ4v) is 5.11. The summed E-state index contributed by atoms with van der Waals surface area (Å²) >= 11 is 0. The molecule has 0 radical (unpaired) electrons. The van der Waals surface area contributed by atoms with Crippen LogP contribution in [0.2, 0.25) is 0 Å². The first-order valence-electron chi connectivity index (χ1n) is 9.82. The van der Waals surface area contributed by atoms with E-state index in [9.17, 15) is 9.59 Å². The first kappa shape index (κ1) is 16.7. The SMILES string of the molecule is Cn1cccc1C(=O)N1CC[C@]2(CCCN(C3CCCCC3)C2=O)C1. The number of aromatic nitrogens is 1. The average molecular weight is 343 g/mol. The molecule has 136 valence electrons. The summed E-state index contributed by atoms with van der Waals surface area (Å²) in [6, 6.07) is 4.20. The van der Waals surface area contributed by atoms with Crippen LogP contribution in [0.4, 0.5) is 0 Å². The van der Waals surface area contributed by atoms with Gasteiger partial charge in [0.05, 0.1) is 5.41 Å². The van der Waals surface area contributed by atoms with Crippen LogP contribution < -0.4 is 0 Å². The van der Waals surface area contributed by atoms with Gasteiger partial charge >= 0.3 is 0 Å². The Bertz CT molecular complexity index is 662. The highest BCUT2D eigenvalue weighted by Gasteiger charge is 2.50. The summed E-state index contributed by atoms with van der Waals surface area (Å²) < 4.78 is 1.87. The van der Waals surface area contributed by atoms with Gasteiger partial charge in [-0.15, -0.1) is 0 Å². The lowest BCUT2D eigenvalue weighted by Crippen LogP contribution is -2.54. The van der Waals surface area contributed by atoms with E-state index < -0.39 is 0 Å². The van der Waals surface area contributed by atoms with E-state index in [0.717, 1.165) is 38.6 Å². The lowest BCUT2D eigenvalue weighted by molar-refractivity contribution is -0.149. The van der Waals surface area contributed by atoms with Crippen molar-refractivity contribution in [3.63, 3.8) is 0 Å². The molecule has 1 aromatic rings. The highest BCUT2D eigenvalue weighted by Crippen LogP contribution is 2.42. The Labute approximate surface area is 150 Å². The molecule has 0 N–H and O–H groups in total. The maximum absolute atomic E-state index is 13.4. The van der Waals surface area contributed by atoms with E-state index in [1.54, 1.807) is 0 Å². The number of nitrogens with zero attached hydrogens (tertiary/aromatic N) is 3. The fourth-order valence-electron chi connectivity index (χ4n) is 5.11. The first-order valence-corrected chi connectivity index (χ1v) is 9.82. The van der Waals surface area contributed by atoms with Crippen molar-refractivity contribution in [3.8, 4) is 0 Å². The van der Waals surface area contributed by atoms with Crippen molar-refractivity contribution in [3.05, 3.63) is 24.0 Å². The molecular weight excluding hydrogens is 314 g/mol. The second kappa shape index (κ2) is 6.50. The number of aryl methyl sites for hydroxylation is 1. The van der Waals surface area contributed by atoms with Gasteiger partial charge in [0.15, 0.2) is 0 Å². The van der Waals surface area contributed by atoms with Crippen LogP contribution in [0.25, 0.3) is 0 Å². The van der Waals surface area contributed by atoms with E-state index in [4.69, 9.17) is 0 Å². The van der Waals surface area contributed by atoms with Crippen LogP contribution in [0.5, 0.6) is 0 Å². The van der Waals surface area contributed by atoms with Crippen LogP contribution in [-0.2, 0) is 11.8 Å². The van der Waals surface area contributed by atoms with Crippen LogP contribution in [0.15, 0.2) is 18.3 Å². The van der Waals surface area contributed by atoms with Gasteiger partial charge in [-0.3, -0.25) is 9.59 Å². The Kier molecular flexibility index (Phi) is 4.34. The van der Waals surface area contributed by atoms with Crippen molar-refractivity contribution >= 4 is 11.8 Å². The van der Waals surface area contributed by atoms with Gasteiger partial charge in [0.1, 0.15) is 5.69 Å². The quantitative estimate of drug-likeness (QED) is 0.829. The molecule has 5 heteroatoms. The fraction of sp³-hybridized carbons (Fsp3) is 0.700. The molecule has 3 aliphatic rings. The predicted octanol–water partition coefficient (Wildman–Crippen LogP) is 2.81. The van der Waals surface area contributed by atoms with Crippen molar-refractivity contribution in [2.45, 2.75) is 57.4 Å². The second-order valence-corrected chi connectivity index (χ2v) is 8.16. The minimum atomic E-state index is -0.323. The number of rotatable bonds is 2. The van der Waals surface area contributed by atoms with Gasteiger partial charge in [0, 0.05) is 38.9 Å². The Morgan fingerprint density at radius 1 is 1.12 bits per heavy atom. The number of hydrogen-bond donors (Lipinski definition) is 0. The van der Waals surface area contributed by atoms with E-state index in [0.29, 0.717) is 30.7 Å². The Morgan fingerprint density at radius 2 is 1.92 bits per heavy atom. The molecular formula is C20H29N3O2. The Morgan fingerprint density at radius 3 is 2.64 bits per heavy atom. The summed E-state index contributed by atoms with van der Waals surface area (Å²) in [5.41, 5.74) is 0.390. The number of piperidine rings is 1. The highest BCUT2D eigenvalue weighted by atomic mass is 16.2. The van der Waals surface area contributed by atoms with Gasteiger partial charge in [-0.2, -0.15) is 0 Å². The van der Waals surface area contributed by atoms with Crippen LogP contribution in [0.1, 0.15) is 61.9 Å². The summed E-state index contributed by atoms with van der Waals surface area (Å²) in [5, 5.41) is 0. The topological polar surface area (TPSA) is 45.6 Å². The monoisotopic (exact) mass is 343 g/mol. The van der Waals surface area contributed by atoms with Crippen LogP contribution >= 0.6 is 0 Å². The third kappa shape index (κ3) is 2.87. The average Bonchev–Trinajstić information content (AvgIpc) is 3.25. The number of carbonyl (C=O) groups is 2. The zero-order valence-electron chi connectivity index (χ0n) is 15.2. The van der Waals surface area contributed by atoms with Crippen molar-refractivity contribution in [2.75, 3.05) is 19.6 Å². The van der Waals surface area contributed by atoms with E-state index in [1.165, 1.54) is 19.3 Å². The summed E-state index contributed by atoms with van der Waals surface area (Å²) in [6.07, 6.45) is 10.9. The normalized spacial score (nSPS) is 28.1. The third-order valence-corrected chi connectivity index (χ3v) is 6.59. The van der Waals surface area contributed by atoms with Crippen molar-refractivity contribution in [1.82, 2.24) is 14.4 Å². The lowest BCUT2D eigenvalue weighted by atomic mass is 9.77. The summed E-state index contributed by atoms with van der Waals surface area (Å²) in [7, 11) is 1.90. The summed E-state index contributed by atoms with van der Waals surface area (Å²) in [6.45, 7) is 2.21. The van der Waals surface area contributed by atoms with Crippen molar-refractivity contribution in [2.24, 2.45) is 12.5 Å². The van der Waals surface area contributed by atoms with E-state index in [1.807, 2.05) is 34.8 Å². The third-order valence-electron chi connectivity index (χ3n) is 6.59. The molecule has 2 aliphatic heterocycles. The minimum Gasteiger partial charge on any atom is -0.347 e. The number of hydrogen-bond acceptors (Lipinski definition) is 2. The van der Waals surface area contributed by atoms with E-state index in [2.05, 4.69) is 4.90 Å². The van der Waals surface area contributed by atoms with Gasteiger partial charge in [-0.25, -0.2) is 0 Å². The maximum atomic E-state index is 13.4. The number of carbonyl (C=O) groups excluding carboxylic acids is 2. The zero-order chi connectivity index (χ0) is 17.4. The van der Waals surface area contributed by atoms with E-state index in [-0.39, 0.29) is 11.3 Å². The summed E-state index contributed by atoms with van der Waals surface area (Å²) in [5.74, 6) is 0.389. The van der Waals surface area contributed by atoms with Gasteiger partial charge in [0.2, 0.25) is 5.91 Å². The molecule has 2 amide bonds. The zero-order valence-corrected chi connectivity index (χ0v) is 15.2. The van der Waals surface area contributed by atoms with Crippen molar-refractivity contribution in [1.29, 1.82) is 0 Å². The maximum Gasteiger partial charge on any atom is 0.270 e. The van der Waals surface area contributed by atoms with Crippen LogP contribution in [0.3, 0.4) is 0 Å². The molecule has 4 rings (SSSR count). The molecule has 5 nitrogen and oxygen atoms in total. The molecule has 1 aromatic heterocycles. The van der Waals surface area contributed by atoms with Crippen LogP contribution in [-0.4, -0.2) is 51.9 Å². The summed E-state index contributed by atoms with van der Waals surface area (Å²) in [4.78, 5) is 30.3.